The van der Waals surface area contributed by atoms with E-state index in [1.807, 2.05) is 0 Å². The summed E-state index contributed by atoms with van der Waals surface area (Å²) in [4.78, 5) is 10.4. The number of rotatable bonds is 2. The molecular formula is C14H8Br2Cl4O2. The molecule has 0 heterocycles. The number of halogens is 6. The minimum atomic E-state index is -0.134. The van der Waals surface area contributed by atoms with Gasteiger partial charge in [0.1, 0.15) is 0 Å². The van der Waals surface area contributed by atoms with Crippen molar-refractivity contribution in [3.63, 3.8) is 0 Å². The van der Waals surface area contributed by atoms with Crippen LogP contribution in [0.25, 0.3) is 0 Å². The van der Waals surface area contributed by atoms with Crippen molar-refractivity contribution in [3.8, 4) is 0 Å². The van der Waals surface area contributed by atoms with Crippen LogP contribution in [-0.4, -0.2) is 11.4 Å². The molecular weight excluding hydrogens is 502 g/mol. The van der Waals surface area contributed by atoms with E-state index in [1.54, 1.807) is 24.3 Å². The van der Waals surface area contributed by atoms with Crippen molar-refractivity contribution in [2.45, 2.75) is 6.61 Å². The number of hydrogen-bond donors (Lipinski definition) is 1. The van der Waals surface area contributed by atoms with Crippen LogP contribution in [0.4, 0.5) is 0 Å². The average Bonchev–Trinajstić information content (AvgIpc) is 2.38. The summed E-state index contributed by atoms with van der Waals surface area (Å²) in [6.45, 7) is -0.134. The fraction of sp³-hybridized carbons (Fsp3) is 0.0714. The second kappa shape index (κ2) is 9.48. The van der Waals surface area contributed by atoms with E-state index in [9.17, 15) is 4.79 Å². The maximum Gasteiger partial charge on any atom is 0.153 e. The van der Waals surface area contributed by atoms with Crippen molar-refractivity contribution in [3.05, 3.63) is 64.4 Å². The molecule has 8 heteroatoms. The van der Waals surface area contributed by atoms with Crippen molar-refractivity contribution in [2.24, 2.45) is 0 Å². The maximum absolute atomic E-state index is 10.4. The van der Waals surface area contributed by atoms with Crippen LogP contribution in [0.5, 0.6) is 0 Å². The molecule has 0 aliphatic carbocycles. The Labute approximate surface area is 164 Å². The summed E-state index contributed by atoms with van der Waals surface area (Å²) in [7, 11) is 0. The maximum atomic E-state index is 10.4. The topological polar surface area (TPSA) is 37.3 Å². The first-order chi connectivity index (χ1) is 10.3. The SMILES string of the molecule is O=Cc1c(Cl)cc(Br)cc1Cl.OCc1c(Cl)cc(Br)cc1Cl. The average molecular weight is 510 g/mol. The molecule has 2 nitrogen and oxygen atoms in total. The fourth-order valence-electron chi connectivity index (χ4n) is 1.39. The van der Waals surface area contributed by atoms with Gasteiger partial charge in [-0.05, 0) is 24.3 Å². The van der Waals surface area contributed by atoms with Gasteiger partial charge in [0.2, 0.25) is 0 Å². The number of aliphatic hydroxyl groups is 1. The highest BCUT2D eigenvalue weighted by molar-refractivity contribution is 9.10. The minimum absolute atomic E-state index is 0.134. The highest BCUT2D eigenvalue weighted by atomic mass is 79.9. The minimum Gasteiger partial charge on any atom is -0.392 e. The molecule has 0 aliphatic heterocycles. The highest BCUT2D eigenvalue weighted by Gasteiger charge is 2.05. The number of carbonyl (C=O) groups excluding carboxylic acids is 1. The van der Waals surface area contributed by atoms with Crippen LogP contribution >= 0.6 is 78.3 Å². The van der Waals surface area contributed by atoms with Crippen LogP contribution in [0.1, 0.15) is 15.9 Å². The Morgan fingerprint density at radius 2 is 1.23 bits per heavy atom. The molecule has 0 unspecified atom stereocenters. The van der Waals surface area contributed by atoms with Crippen molar-refractivity contribution in [1.82, 2.24) is 0 Å². The van der Waals surface area contributed by atoms with E-state index in [1.165, 1.54) is 0 Å². The summed E-state index contributed by atoms with van der Waals surface area (Å²) >= 11 is 29.3. The predicted molar refractivity (Wildman–Crippen MR) is 99.6 cm³/mol. The Bertz CT molecular complexity index is 647. The van der Waals surface area contributed by atoms with Gasteiger partial charge in [0, 0.05) is 24.6 Å². The molecule has 0 amide bonds. The summed E-state index contributed by atoms with van der Waals surface area (Å²) in [6.07, 6.45) is 0.636. The van der Waals surface area contributed by atoms with Gasteiger partial charge in [0.25, 0.3) is 0 Å². The number of hydrogen-bond acceptors (Lipinski definition) is 2. The first-order valence-electron chi connectivity index (χ1n) is 5.64. The molecule has 2 aromatic rings. The quantitative estimate of drug-likeness (QED) is 0.451. The number of carbonyl (C=O) groups is 1. The first-order valence-corrected chi connectivity index (χ1v) is 8.74. The van der Waals surface area contributed by atoms with Gasteiger partial charge in [0.05, 0.1) is 22.2 Å². The smallest absolute Gasteiger partial charge is 0.153 e. The van der Waals surface area contributed by atoms with Gasteiger partial charge < -0.3 is 5.11 Å². The normalized spacial score (nSPS) is 9.95. The first kappa shape index (κ1) is 20.2. The van der Waals surface area contributed by atoms with E-state index in [0.29, 0.717) is 37.5 Å². The number of benzene rings is 2. The molecule has 2 rings (SSSR count). The molecule has 0 fully saturated rings. The molecule has 0 radical (unpaired) electrons. The monoisotopic (exact) mass is 506 g/mol. The largest absolute Gasteiger partial charge is 0.392 e. The second-order valence-electron chi connectivity index (χ2n) is 3.91. The van der Waals surface area contributed by atoms with E-state index in [0.717, 1.165) is 8.95 Å². The lowest BCUT2D eigenvalue weighted by Gasteiger charge is -2.03. The molecule has 0 atom stereocenters. The third kappa shape index (κ3) is 5.68. The van der Waals surface area contributed by atoms with E-state index in [4.69, 9.17) is 51.5 Å². The van der Waals surface area contributed by atoms with Crippen molar-refractivity contribution in [1.29, 1.82) is 0 Å². The Hall–Kier alpha value is 0.190. The summed E-state index contributed by atoms with van der Waals surface area (Å²) in [5, 5.41) is 10.5. The molecule has 0 bridgehead atoms. The molecule has 1 N–H and O–H groups in total. The third-order valence-electron chi connectivity index (χ3n) is 2.43. The molecule has 22 heavy (non-hydrogen) atoms. The molecule has 118 valence electrons. The lowest BCUT2D eigenvalue weighted by Crippen LogP contribution is -1.86. The Kier molecular flexibility index (Phi) is 8.72. The second-order valence-corrected chi connectivity index (χ2v) is 7.37. The van der Waals surface area contributed by atoms with Gasteiger partial charge in [-0.2, -0.15) is 0 Å². The van der Waals surface area contributed by atoms with Crippen molar-refractivity contribution < 1.29 is 9.90 Å². The molecule has 0 aromatic heterocycles. The zero-order chi connectivity index (χ0) is 16.9. The van der Waals surface area contributed by atoms with Gasteiger partial charge in [-0.25, -0.2) is 0 Å². The summed E-state index contributed by atoms with van der Waals surface area (Å²) in [5.74, 6) is 0. The zero-order valence-corrected chi connectivity index (χ0v) is 16.9. The molecule has 2 aromatic carbocycles. The van der Waals surface area contributed by atoms with Crippen LogP contribution in [0, 0.1) is 0 Å². The highest BCUT2D eigenvalue weighted by Crippen LogP contribution is 2.29. The van der Waals surface area contributed by atoms with E-state index in [-0.39, 0.29) is 6.61 Å². The van der Waals surface area contributed by atoms with Crippen LogP contribution in [-0.2, 0) is 6.61 Å². The fourth-order valence-corrected chi connectivity index (χ4v) is 4.01. The molecule has 0 saturated carbocycles. The molecule has 0 spiro atoms. The van der Waals surface area contributed by atoms with Crippen LogP contribution in [0.3, 0.4) is 0 Å². The van der Waals surface area contributed by atoms with Crippen molar-refractivity contribution in [2.75, 3.05) is 0 Å². The van der Waals surface area contributed by atoms with Crippen molar-refractivity contribution >= 4 is 84.5 Å². The van der Waals surface area contributed by atoms with Gasteiger partial charge in [-0.3, -0.25) is 4.79 Å². The predicted octanol–water partition coefficient (Wildman–Crippen LogP) is 6.82. The number of aldehydes is 1. The summed E-state index contributed by atoms with van der Waals surface area (Å²) in [5.41, 5.74) is 0.896. The third-order valence-corrected chi connectivity index (χ3v) is 4.64. The van der Waals surface area contributed by atoms with Gasteiger partial charge in [0.15, 0.2) is 6.29 Å². The van der Waals surface area contributed by atoms with Gasteiger partial charge >= 0.3 is 0 Å². The lowest BCUT2D eigenvalue weighted by molar-refractivity contribution is 0.112. The van der Waals surface area contributed by atoms with Gasteiger partial charge in [-0.15, -0.1) is 0 Å². The van der Waals surface area contributed by atoms with E-state index >= 15 is 0 Å². The van der Waals surface area contributed by atoms with Crippen LogP contribution < -0.4 is 0 Å². The standard InChI is InChI=1S/C7H5BrCl2O.C7H3BrCl2O/c2*8-4-1-6(9)5(3-11)7(10)2-4/h1-2,11H,3H2;1-3H. The zero-order valence-electron chi connectivity index (χ0n) is 10.7. The Morgan fingerprint density at radius 1 is 0.864 bits per heavy atom. The van der Waals surface area contributed by atoms with Gasteiger partial charge in [-0.1, -0.05) is 78.3 Å². The number of aliphatic hydroxyl groups excluding tert-OH is 1. The van der Waals surface area contributed by atoms with Crippen LogP contribution in [0.15, 0.2) is 33.2 Å². The molecule has 0 saturated heterocycles. The summed E-state index contributed by atoms with van der Waals surface area (Å²) < 4.78 is 1.57. The Morgan fingerprint density at radius 3 is 1.55 bits per heavy atom. The lowest BCUT2D eigenvalue weighted by atomic mass is 10.2. The van der Waals surface area contributed by atoms with Crippen LogP contribution in [0.2, 0.25) is 20.1 Å². The summed E-state index contributed by atoms with van der Waals surface area (Å²) in [6, 6.07) is 6.63. The Balaban J connectivity index is 0.000000220. The molecule has 0 aliphatic rings. The van der Waals surface area contributed by atoms with E-state index in [2.05, 4.69) is 31.9 Å². The van der Waals surface area contributed by atoms with E-state index < -0.39 is 0 Å².